The number of carbonyl (C=O) groups is 1. The van der Waals surface area contributed by atoms with Crippen molar-refractivity contribution in [2.75, 3.05) is 0 Å². The quantitative estimate of drug-likeness (QED) is 0.627. The average Bonchev–Trinajstić information content (AvgIpc) is 2.89. The van der Waals surface area contributed by atoms with Crippen LogP contribution in [0.15, 0.2) is 30.5 Å². The highest BCUT2D eigenvalue weighted by molar-refractivity contribution is 9.08. The lowest BCUT2D eigenvalue weighted by molar-refractivity contribution is 0.0984. The van der Waals surface area contributed by atoms with Gasteiger partial charge in [-0.05, 0) is 30.4 Å². The number of rotatable bonds is 5. The van der Waals surface area contributed by atoms with Gasteiger partial charge in [-0.25, -0.2) is 4.09 Å². The summed E-state index contributed by atoms with van der Waals surface area (Å²) in [6, 6.07) is 7.37. The first-order valence-corrected chi connectivity index (χ1v) is 7.62. The number of hydrogen-bond acceptors (Lipinski definition) is 4. The van der Waals surface area contributed by atoms with Crippen LogP contribution < -0.4 is 9.08 Å². The number of thiol groups is 1. The van der Waals surface area contributed by atoms with Gasteiger partial charge in [0.15, 0.2) is 0 Å². The van der Waals surface area contributed by atoms with Crippen molar-refractivity contribution < 1.29 is 9.53 Å². The van der Waals surface area contributed by atoms with Crippen LogP contribution in [0.1, 0.15) is 41.3 Å². The van der Waals surface area contributed by atoms with Crippen molar-refractivity contribution in [2.45, 2.75) is 26.4 Å². The van der Waals surface area contributed by atoms with Crippen molar-refractivity contribution in [1.82, 2.24) is 13.5 Å². The first kappa shape index (κ1) is 15.9. The van der Waals surface area contributed by atoms with E-state index in [1.54, 1.807) is 18.3 Å². The fourth-order valence-electron chi connectivity index (χ4n) is 2.09. The molecule has 7 heteroatoms. The van der Waals surface area contributed by atoms with Crippen LogP contribution in [0.2, 0.25) is 0 Å². The minimum Gasteiger partial charge on any atom is -0.472 e. The highest BCUT2D eigenvalue weighted by Crippen LogP contribution is 2.24. The molecule has 0 aliphatic carbocycles. The summed E-state index contributed by atoms with van der Waals surface area (Å²) in [5.74, 6) is 0.554. The molecule has 0 bridgehead atoms. The molecule has 0 aliphatic rings. The molecule has 0 aliphatic heterocycles. The van der Waals surface area contributed by atoms with E-state index in [4.69, 9.17) is 4.74 Å². The van der Waals surface area contributed by atoms with Crippen molar-refractivity contribution in [3.05, 3.63) is 47.2 Å². The maximum Gasteiger partial charge on any atom is 0.261 e. The van der Waals surface area contributed by atoms with Crippen LogP contribution in [0.5, 0.6) is 5.88 Å². The fourth-order valence-corrected chi connectivity index (χ4v) is 2.46. The van der Waals surface area contributed by atoms with Gasteiger partial charge in [0.2, 0.25) is 5.88 Å². The number of benzene rings is 1. The van der Waals surface area contributed by atoms with Crippen LogP contribution in [0, 0.1) is 0 Å². The Morgan fingerprint density at radius 3 is 2.81 bits per heavy atom. The molecule has 21 heavy (non-hydrogen) atoms. The molecule has 0 spiro atoms. The second-order valence-corrected chi connectivity index (χ2v) is 5.62. The summed E-state index contributed by atoms with van der Waals surface area (Å²) in [6.07, 6.45) is 1.68. The van der Waals surface area contributed by atoms with Gasteiger partial charge < -0.3 is 4.74 Å². The Labute approximate surface area is 137 Å². The average molecular weight is 370 g/mol. The van der Waals surface area contributed by atoms with Gasteiger partial charge in [0, 0.05) is 39.5 Å². The van der Waals surface area contributed by atoms with Crippen LogP contribution in [-0.2, 0) is 6.61 Å². The van der Waals surface area contributed by atoms with E-state index < -0.39 is 0 Å². The largest absolute Gasteiger partial charge is 0.472 e. The third-order valence-electron chi connectivity index (χ3n) is 3.08. The number of halogens is 1. The molecule has 5 nitrogen and oxygen atoms in total. The summed E-state index contributed by atoms with van der Waals surface area (Å²) >= 11 is 7.04. The number of carbonyl (C=O) groups excluding carboxylic acids is 1. The third-order valence-corrected chi connectivity index (χ3v) is 3.66. The standard InChI is InChI=1S/C14H16BrN3O2S/c1-9(2)10-4-3-5-11(14(19)16-15)12(10)8-20-13-6-7-18(21)17-13/h3-7,9,21H,8H2,1-2H3,(H,16,19). The van der Waals surface area contributed by atoms with Gasteiger partial charge in [-0.1, -0.05) is 26.0 Å². The van der Waals surface area contributed by atoms with E-state index in [1.165, 1.54) is 4.09 Å². The fraction of sp³-hybridized carbons (Fsp3) is 0.286. The molecule has 1 N–H and O–H groups in total. The number of aromatic nitrogens is 2. The van der Waals surface area contributed by atoms with E-state index in [9.17, 15) is 4.79 Å². The van der Waals surface area contributed by atoms with E-state index in [2.05, 4.69) is 52.3 Å². The normalized spacial score (nSPS) is 10.7. The monoisotopic (exact) mass is 369 g/mol. The molecule has 0 unspecified atom stereocenters. The summed E-state index contributed by atoms with van der Waals surface area (Å²) in [5.41, 5.74) is 2.52. The molecule has 1 aromatic carbocycles. The molecule has 0 saturated heterocycles. The van der Waals surface area contributed by atoms with Crippen LogP contribution in [0.25, 0.3) is 0 Å². The maximum atomic E-state index is 12.0. The summed E-state index contributed by atoms with van der Waals surface area (Å²) < 4.78 is 9.51. The first-order chi connectivity index (χ1) is 10.0. The molecule has 112 valence electrons. The minimum absolute atomic E-state index is 0.198. The smallest absolute Gasteiger partial charge is 0.261 e. The number of amides is 1. The molecule has 0 radical (unpaired) electrons. The first-order valence-electron chi connectivity index (χ1n) is 6.43. The van der Waals surface area contributed by atoms with Crippen LogP contribution in [-0.4, -0.2) is 15.1 Å². The lowest BCUT2D eigenvalue weighted by Crippen LogP contribution is -2.17. The number of nitrogens with one attached hydrogen (secondary N) is 1. The zero-order valence-electron chi connectivity index (χ0n) is 11.7. The van der Waals surface area contributed by atoms with Gasteiger partial charge in [-0.15, -0.1) is 5.10 Å². The van der Waals surface area contributed by atoms with Crippen LogP contribution >= 0.6 is 29.0 Å². The molecule has 0 fully saturated rings. The highest BCUT2D eigenvalue weighted by Gasteiger charge is 2.17. The van der Waals surface area contributed by atoms with E-state index in [-0.39, 0.29) is 18.4 Å². The van der Waals surface area contributed by atoms with Crippen molar-refractivity contribution in [3.8, 4) is 5.88 Å². The lowest BCUT2D eigenvalue weighted by Gasteiger charge is -2.16. The molecular weight excluding hydrogens is 354 g/mol. The Bertz CT molecular complexity index is 643. The number of hydrogen-bond donors (Lipinski definition) is 2. The van der Waals surface area contributed by atoms with Gasteiger partial charge in [-0.2, -0.15) is 0 Å². The SMILES string of the molecule is CC(C)c1cccc(C(=O)NBr)c1COc1ccn(S)n1. The van der Waals surface area contributed by atoms with E-state index >= 15 is 0 Å². The summed E-state index contributed by atoms with van der Waals surface area (Å²) in [5, 5.41) is 4.04. The van der Waals surface area contributed by atoms with Gasteiger partial charge in [-0.3, -0.25) is 9.14 Å². The highest BCUT2D eigenvalue weighted by atomic mass is 79.9. The zero-order valence-corrected chi connectivity index (χ0v) is 14.2. The van der Waals surface area contributed by atoms with Crippen molar-refractivity contribution in [2.24, 2.45) is 0 Å². The van der Waals surface area contributed by atoms with Gasteiger partial charge in [0.1, 0.15) is 6.61 Å². The van der Waals surface area contributed by atoms with Crippen molar-refractivity contribution in [1.29, 1.82) is 0 Å². The Morgan fingerprint density at radius 2 is 2.24 bits per heavy atom. The Kier molecular flexibility index (Phi) is 5.30. The second kappa shape index (κ2) is 7.00. The Hall–Kier alpha value is -1.47. The third kappa shape index (κ3) is 3.79. The van der Waals surface area contributed by atoms with E-state index in [0.717, 1.165) is 11.1 Å². The molecule has 2 aromatic rings. The molecule has 1 heterocycles. The van der Waals surface area contributed by atoms with E-state index in [0.29, 0.717) is 11.4 Å². The Morgan fingerprint density at radius 1 is 1.48 bits per heavy atom. The van der Waals surface area contributed by atoms with Crippen LogP contribution in [0.3, 0.4) is 0 Å². The predicted molar refractivity (Wildman–Crippen MR) is 87.9 cm³/mol. The number of nitrogens with zero attached hydrogens (tertiary/aromatic N) is 2. The zero-order chi connectivity index (χ0) is 15.4. The van der Waals surface area contributed by atoms with Gasteiger partial charge in [0.05, 0.1) is 0 Å². The van der Waals surface area contributed by atoms with Crippen molar-refractivity contribution >= 4 is 34.9 Å². The van der Waals surface area contributed by atoms with Crippen LogP contribution in [0.4, 0.5) is 0 Å². The summed E-state index contributed by atoms with van der Waals surface area (Å²) in [7, 11) is 0. The topological polar surface area (TPSA) is 56.1 Å². The molecular formula is C14H16BrN3O2S. The van der Waals surface area contributed by atoms with Crippen molar-refractivity contribution in [3.63, 3.8) is 0 Å². The second-order valence-electron chi connectivity index (χ2n) is 4.81. The molecule has 1 amide bonds. The summed E-state index contributed by atoms with van der Waals surface area (Å²) in [6.45, 7) is 4.43. The molecule has 0 saturated carbocycles. The summed E-state index contributed by atoms with van der Waals surface area (Å²) in [4.78, 5) is 12.0. The minimum atomic E-state index is -0.198. The van der Waals surface area contributed by atoms with Gasteiger partial charge >= 0.3 is 0 Å². The predicted octanol–water partition coefficient (Wildman–Crippen LogP) is 3.32. The van der Waals surface area contributed by atoms with Gasteiger partial charge in [0.25, 0.3) is 5.91 Å². The molecule has 0 atom stereocenters. The molecule has 1 aromatic heterocycles. The number of ether oxygens (including phenoxy) is 1. The Balaban J connectivity index is 2.32. The molecule has 2 rings (SSSR count). The lowest BCUT2D eigenvalue weighted by atomic mass is 9.93. The maximum absolute atomic E-state index is 12.0. The van der Waals surface area contributed by atoms with E-state index in [1.807, 2.05) is 12.1 Å².